The Balaban J connectivity index is 1.83. The summed E-state index contributed by atoms with van der Waals surface area (Å²) in [6.07, 6.45) is 0. The lowest BCUT2D eigenvalue weighted by atomic mass is 9.99. The van der Waals surface area contributed by atoms with Crippen LogP contribution in [0.5, 0.6) is 0 Å². The highest BCUT2D eigenvalue weighted by molar-refractivity contribution is 6.68. The Labute approximate surface area is 179 Å². The molecule has 0 saturated carbocycles. The maximum atomic E-state index is 6.47. The van der Waals surface area contributed by atoms with Gasteiger partial charge in [0, 0.05) is 23.0 Å². The van der Waals surface area contributed by atoms with Gasteiger partial charge in [0.1, 0.15) is 0 Å². The Morgan fingerprint density at radius 1 is 0.786 bits per heavy atom. The van der Waals surface area contributed by atoms with Crippen LogP contribution in [0.4, 0.5) is 0 Å². The highest BCUT2D eigenvalue weighted by atomic mass is 35.6. The fraction of sp³-hybridized carbons (Fsp3) is 0.130. The van der Waals surface area contributed by atoms with E-state index in [1.54, 1.807) is 0 Å². The van der Waals surface area contributed by atoms with E-state index in [0.29, 0.717) is 6.54 Å². The lowest BCUT2D eigenvalue weighted by Crippen LogP contribution is -2.32. The monoisotopic (exact) mass is 428 g/mol. The molecule has 4 rings (SSSR count). The van der Waals surface area contributed by atoms with Crippen LogP contribution in [0.1, 0.15) is 17.2 Å². The molecule has 0 aliphatic rings. The molecule has 28 heavy (non-hydrogen) atoms. The molecule has 4 aromatic rings. The molecule has 0 fully saturated rings. The predicted octanol–water partition coefficient (Wildman–Crippen LogP) is 7.04. The average molecular weight is 430 g/mol. The van der Waals surface area contributed by atoms with Gasteiger partial charge in [-0.15, -0.1) is 0 Å². The number of alkyl halides is 3. The Hall–Kier alpha value is -1.97. The van der Waals surface area contributed by atoms with Crippen molar-refractivity contribution in [3.8, 4) is 11.3 Å². The second-order valence-electron chi connectivity index (χ2n) is 6.67. The second kappa shape index (κ2) is 8.18. The lowest BCUT2D eigenvalue weighted by molar-refractivity contribution is 0.545. The van der Waals surface area contributed by atoms with Crippen molar-refractivity contribution >= 4 is 45.7 Å². The third kappa shape index (κ3) is 4.06. The first-order valence-electron chi connectivity index (χ1n) is 9.04. The van der Waals surface area contributed by atoms with Crippen LogP contribution in [0.25, 0.3) is 22.2 Å². The van der Waals surface area contributed by atoms with Crippen molar-refractivity contribution in [1.29, 1.82) is 0 Å². The third-order valence-corrected chi connectivity index (χ3v) is 5.43. The van der Waals surface area contributed by atoms with Crippen LogP contribution in [0.3, 0.4) is 0 Å². The molecule has 0 amide bonds. The largest absolute Gasteiger partial charge is 0.354 e. The van der Waals surface area contributed by atoms with Gasteiger partial charge in [-0.25, -0.2) is 0 Å². The van der Waals surface area contributed by atoms with Crippen LogP contribution in [-0.4, -0.2) is 8.78 Å². The number of para-hydroxylation sites is 1. The number of benzene rings is 3. The summed E-state index contributed by atoms with van der Waals surface area (Å²) in [6, 6.07) is 27.8. The van der Waals surface area contributed by atoms with Crippen LogP contribution in [0.2, 0.25) is 0 Å². The number of fused-ring (bicyclic) bond motifs is 1. The van der Waals surface area contributed by atoms with Crippen molar-refractivity contribution in [3.63, 3.8) is 0 Å². The Morgan fingerprint density at radius 3 is 2.07 bits per heavy atom. The molecule has 0 bridgehead atoms. The van der Waals surface area contributed by atoms with Crippen LogP contribution < -0.4 is 5.32 Å². The molecule has 1 heterocycles. The van der Waals surface area contributed by atoms with Gasteiger partial charge in [-0.1, -0.05) is 114 Å². The van der Waals surface area contributed by atoms with Gasteiger partial charge < -0.3 is 10.3 Å². The van der Waals surface area contributed by atoms with Gasteiger partial charge >= 0.3 is 0 Å². The maximum Gasteiger partial charge on any atom is 0.209 e. The van der Waals surface area contributed by atoms with Crippen molar-refractivity contribution < 1.29 is 0 Å². The predicted molar refractivity (Wildman–Crippen MR) is 120 cm³/mol. The number of nitrogens with one attached hydrogen (secondary N) is 2. The van der Waals surface area contributed by atoms with E-state index in [2.05, 4.69) is 40.6 Å². The van der Waals surface area contributed by atoms with Crippen LogP contribution in [0, 0.1) is 0 Å². The van der Waals surface area contributed by atoms with Crippen LogP contribution in [-0.2, 0) is 6.54 Å². The molecule has 5 heteroatoms. The molecule has 3 aromatic carbocycles. The molecule has 2 N–H and O–H groups in total. The Bertz CT molecular complexity index is 1050. The summed E-state index contributed by atoms with van der Waals surface area (Å²) in [4.78, 5) is 3.52. The number of aromatic amines is 1. The molecular weight excluding hydrogens is 411 g/mol. The SMILES string of the molecule is ClC(Cl)(Cl)C(NCc1ccccc1)c1c(-c2ccccc2)[nH]c2ccccc12. The van der Waals surface area contributed by atoms with E-state index in [1.165, 1.54) is 0 Å². The van der Waals surface area contributed by atoms with Gasteiger partial charge in [0.05, 0.1) is 11.7 Å². The highest BCUT2D eigenvalue weighted by Gasteiger charge is 2.37. The number of rotatable bonds is 5. The molecule has 2 nitrogen and oxygen atoms in total. The summed E-state index contributed by atoms with van der Waals surface area (Å²) in [5.41, 5.74) is 5.10. The first-order valence-corrected chi connectivity index (χ1v) is 10.2. The van der Waals surface area contributed by atoms with E-state index in [0.717, 1.165) is 33.3 Å². The van der Waals surface area contributed by atoms with E-state index < -0.39 is 9.83 Å². The van der Waals surface area contributed by atoms with Gasteiger partial charge in [-0.3, -0.25) is 0 Å². The van der Waals surface area contributed by atoms with E-state index in [1.807, 2.05) is 54.6 Å². The van der Waals surface area contributed by atoms with E-state index in [9.17, 15) is 0 Å². The van der Waals surface area contributed by atoms with Gasteiger partial charge in [0.2, 0.25) is 3.79 Å². The summed E-state index contributed by atoms with van der Waals surface area (Å²) in [5, 5.41) is 4.50. The number of hydrogen-bond acceptors (Lipinski definition) is 1. The summed E-state index contributed by atoms with van der Waals surface area (Å²) in [7, 11) is 0. The molecule has 0 aliphatic heterocycles. The Morgan fingerprint density at radius 2 is 1.39 bits per heavy atom. The quantitative estimate of drug-likeness (QED) is 0.327. The minimum atomic E-state index is -1.52. The maximum absolute atomic E-state index is 6.47. The molecule has 0 radical (unpaired) electrons. The summed E-state index contributed by atoms with van der Waals surface area (Å²) in [6.45, 7) is 0.590. The molecular formula is C23H19Cl3N2. The van der Waals surface area contributed by atoms with E-state index in [4.69, 9.17) is 34.8 Å². The molecule has 0 spiro atoms. The van der Waals surface area contributed by atoms with Gasteiger partial charge in [0.15, 0.2) is 0 Å². The number of H-pyrrole nitrogens is 1. The van der Waals surface area contributed by atoms with Crippen molar-refractivity contribution in [1.82, 2.24) is 10.3 Å². The minimum absolute atomic E-state index is 0.496. The third-order valence-electron chi connectivity index (χ3n) is 4.78. The highest BCUT2D eigenvalue weighted by Crippen LogP contribution is 2.45. The fourth-order valence-electron chi connectivity index (χ4n) is 3.49. The minimum Gasteiger partial charge on any atom is -0.354 e. The zero-order valence-corrected chi connectivity index (χ0v) is 17.3. The topological polar surface area (TPSA) is 27.8 Å². The smallest absolute Gasteiger partial charge is 0.209 e. The molecule has 0 saturated heterocycles. The van der Waals surface area contributed by atoms with Crippen molar-refractivity contribution in [2.75, 3.05) is 0 Å². The summed E-state index contributed by atoms with van der Waals surface area (Å²) in [5.74, 6) is 0. The number of halogens is 3. The second-order valence-corrected chi connectivity index (χ2v) is 9.04. The lowest BCUT2D eigenvalue weighted by Gasteiger charge is -2.27. The fourth-order valence-corrected chi connectivity index (χ4v) is 4.05. The van der Waals surface area contributed by atoms with Gasteiger partial charge in [-0.05, 0) is 17.2 Å². The van der Waals surface area contributed by atoms with E-state index in [-0.39, 0.29) is 0 Å². The first kappa shape index (κ1) is 19.4. The standard InChI is InChI=1S/C23H19Cl3N2/c24-23(25,26)22(27-15-16-9-3-1-4-10-16)20-18-13-7-8-14-19(18)28-21(20)17-11-5-2-6-12-17/h1-14,22,27-28H,15H2. The molecule has 142 valence electrons. The van der Waals surface area contributed by atoms with Gasteiger partial charge in [-0.2, -0.15) is 0 Å². The summed E-state index contributed by atoms with van der Waals surface area (Å²) >= 11 is 19.4. The van der Waals surface area contributed by atoms with Crippen molar-refractivity contribution in [2.24, 2.45) is 0 Å². The zero-order chi connectivity index (χ0) is 19.6. The van der Waals surface area contributed by atoms with Crippen molar-refractivity contribution in [3.05, 3.63) is 96.1 Å². The number of hydrogen-bond donors (Lipinski definition) is 2. The summed E-state index contributed by atoms with van der Waals surface area (Å²) < 4.78 is -1.52. The molecule has 1 unspecified atom stereocenters. The zero-order valence-electron chi connectivity index (χ0n) is 15.0. The molecule has 0 aliphatic carbocycles. The van der Waals surface area contributed by atoms with Crippen LogP contribution >= 0.6 is 34.8 Å². The van der Waals surface area contributed by atoms with Crippen molar-refractivity contribution in [2.45, 2.75) is 16.4 Å². The number of aromatic nitrogens is 1. The van der Waals surface area contributed by atoms with Crippen LogP contribution in [0.15, 0.2) is 84.9 Å². The average Bonchev–Trinajstić information content (AvgIpc) is 3.08. The van der Waals surface area contributed by atoms with E-state index >= 15 is 0 Å². The van der Waals surface area contributed by atoms with Gasteiger partial charge in [0.25, 0.3) is 0 Å². The molecule has 1 aromatic heterocycles. The first-order chi connectivity index (χ1) is 13.5. The molecule has 1 atom stereocenters. The normalized spacial score (nSPS) is 13.0. The Kier molecular flexibility index (Phi) is 5.65.